The lowest BCUT2D eigenvalue weighted by atomic mass is 10.6. The van der Waals surface area contributed by atoms with E-state index in [-0.39, 0.29) is 0 Å². The molecule has 0 aliphatic rings. The van der Waals surface area contributed by atoms with Crippen LogP contribution in [0, 0.1) is 0 Å². The summed E-state index contributed by atoms with van der Waals surface area (Å²) in [5.74, 6) is 0. The summed E-state index contributed by atoms with van der Waals surface area (Å²) in [7, 11) is -2.34. The molecule has 0 saturated heterocycles. The minimum Gasteiger partial charge on any atom is -0.374 e. The van der Waals surface area contributed by atoms with E-state index in [2.05, 4.69) is 12.2 Å². The van der Waals surface area contributed by atoms with E-state index >= 15 is 0 Å². The largest absolute Gasteiger partial charge is 0.497 e. The molecule has 0 aromatic carbocycles. The van der Waals surface area contributed by atoms with Crippen molar-refractivity contribution in [3.05, 3.63) is 0 Å². The van der Waals surface area contributed by atoms with Crippen molar-refractivity contribution in [2.24, 2.45) is 0 Å². The quantitative estimate of drug-likeness (QED) is 0.470. The Morgan fingerprint density at radius 2 is 1.57 bits per heavy atom. The third-order valence-corrected chi connectivity index (χ3v) is 4.06. The summed E-state index contributed by atoms with van der Waals surface area (Å²) in [6.07, 6.45) is 0. The Kier molecular flexibility index (Phi) is 8.41. The third kappa shape index (κ3) is 6.50. The van der Waals surface area contributed by atoms with Crippen molar-refractivity contribution >= 4 is 8.80 Å². The minimum absolute atomic E-state index is 0.643. The molecule has 0 aromatic rings. The van der Waals surface area contributed by atoms with E-state index < -0.39 is 8.80 Å². The van der Waals surface area contributed by atoms with Gasteiger partial charge in [0.2, 0.25) is 0 Å². The summed E-state index contributed by atoms with van der Waals surface area (Å²) in [6.45, 7) is 11.7. The van der Waals surface area contributed by atoms with Gasteiger partial charge in [0.25, 0.3) is 0 Å². The molecule has 0 aliphatic heterocycles. The molecular weight excluding hydrogens is 198 g/mol. The van der Waals surface area contributed by atoms with Crippen LogP contribution < -0.4 is 5.32 Å². The van der Waals surface area contributed by atoms with Gasteiger partial charge in [-0.25, -0.2) is 0 Å². The topological polar surface area (TPSA) is 39.7 Å². The normalized spacial score (nSPS) is 12.0. The lowest BCUT2D eigenvalue weighted by molar-refractivity contribution is 0.0747. The van der Waals surface area contributed by atoms with E-state index in [1.54, 1.807) is 0 Å². The average molecular weight is 221 g/mol. The number of rotatable bonds is 9. The highest BCUT2D eigenvalue weighted by molar-refractivity contribution is 6.59. The molecule has 0 rings (SSSR count). The van der Waals surface area contributed by atoms with Crippen molar-refractivity contribution in [3.8, 4) is 0 Å². The summed E-state index contributed by atoms with van der Waals surface area (Å²) < 4.78 is 16.7. The second kappa shape index (κ2) is 8.37. The van der Waals surface area contributed by atoms with E-state index in [4.69, 9.17) is 13.3 Å². The molecule has 0 amide bonds. The van der Waals surface area contributed by atoms with Crippen LogP contribution in [0.4, 0.5) is 0 Å². The number of likely N-dealkylation sites (N-methyl/N-ethyl adjacent to an activating group) is 1. The van der Waals surface area contributed by atoms with Crippen LogP contribution in [0.25, 0.3) is 0 Å². The molecule has 0 bridgehead atoms. The van der Waals surface area contributed by atoms with Gasteiger partial charge in [-0.3, -0.25) is 0 Å². The van der Waals surface area contributed by atoms with Crippen LogP contribution in [-0.4, -0.2) is 41.7 Å². The molecule has 14 heavy (non-hydrogen) atoms. The van der Waals surface area contributed by atoms with Gasteiger partial charge in [-0.15, -0.1) is 0 Å². The summed E-state index contributed by atoms with van der Waals surface area (Å²) >= 11 is 0. The Morgan fingerprint density at radius 3 is 2.00 bits per heavy atom. The first-order valence-corrected chi connectivity index (χ1v) is 7.53. The van der Waals surface area contributed by atoms with Gasteiger partial charge >= 0.3 is 8.80 Å². The summed E-state index contributed by atoms with van der Waals surface area (Å²) in [5.41, 5.74) is 0. The third-order valence-electron chi connectivity index (χ3n) is 1.71. The molecule has 0 spiro atoms. The van der Waals surface area contributed by atoms with E-state index in [0.717, 1.165) is 13.1 Å². The highest BCUT2D eigenvalue weighted by Crippen LogP contribution is 2.08. The maximum absolute atomic E-state index is 5.64. The van der Waals surface area contributed by atoms with E-state index in [1.807, 2.05) is 20.4 Å². The number of hydrogen-bond acceptors (Lipinski definition) is 4. The van der Waals surface area contributed by atoms with E-state index in [9.17, 15) is 0 Å². The van der Waals surface area contributed by atoms with Crippen LogP contribution in [0.2, 0.25) is 6.55 Å². The van der Waals surface area contributed by atoms with Gasteiger partial charge in [0.1, 0.15) is 0 Å². The van der Waals surface area contributed by atoms with Crippen molar-refractivity contribution in [2.45, 2.75) is 27.3 Å². The van der Waals surface area contributed by atoms with Crippen molar-refractivity contribution in [3.63, 3.8) is 0 Å². The van der Waals surface area contributed by atoms with Gasteiger partial charge in [0.05, 0.1) is 6.61 Å². The van der Waals surface area contributed by atoms with Crippen molar-refractivity contribution in [2.75, 3.05) is 32.9 Å². The number of hydrogen-bond donors (Lipinski definition) is 1. The maximum Gasteiger partial charge on any atom is 0.497 e. The van der Waals surface area contributed by atoms with Crippen LogP contribution in [0.5, 0.6) is 0 Å². The van der Waals surface area contributed by atoms with E-state index in [0.29, 0.717) is 19.8 Å². The first-order chi connectivity index (χ1) is 6.68. The molecule has 0 heterocycles. The predicted octanol–water partition coefficient (Wildman–Crippen LogP) is 1.25. The first kappa shape index (κ1) is 14.1. The van der Waals surface area contributed by atoms with Gasteiger partial charge in [0, 0.05) is 26.3 Å². The molecule has 0 radical (unpaired) electrons. The summed E-state index contributed by atoms with van der Waals surface area (Å²) in [4.78, 5) is 0. The Bertz CT molecular complexity index is 129. The zero-order valence-corrected chi connectivity index (χ0v) is 10.8. The molecular formula is C9H23NO3Si. The SMILES string of the molecule is CCNCCO[Si](C)(OCC)OCC. The molecule has 4 nitrogen and oxygen atoms in total. The lowest BCUT2D eigenvalue weighted by Crippen LogP contribution is -2.44. The molecule has 5 heteroatoms. The second-order valence-corrected chi connectivity index (χ2v) is 5.52. The zero-order chi connectivity index (χ0) is 10.9. The monoisotopic (exact) mass is 221 g/mol. The van der Waals surface area contributed by atoms with Gasteiger partial charge in [-0.05, 0) is 20.4 Å². The van der Waals surface area contributed by atoms with Crippen LogP contribution in [0.1, 0.15) is 20.8 Å². The van der Waals surface area contributed by atoms with Crippen LogP contribution in [-0.2, 0) is 13.3 Å². The van der Waals surface area contributed by atoms with Crippen molar-refractivity contribution < 1.29 is 13.3 Å². The standard InChI is InChI=1S/C9H23NO3Si/c1-5-10-8-9-13-14(4,11-6-2)12-7-3/h10H,5-9H2,1-4H3. The highest BCUT2D eigenvalue weighted by atomic mass is 28.4. The smallest absolute Gasteiger partial charge is 0.374 e. The fourth-order valence-corrected chi connectivity index (χ4v) is 2.91. The molecule has 0 atom stereocenters. The highest BCUT2D eigenvalue weighted by Gasteiger charge is 2.33. The summed E-state index contributed by atoms with van der Waals surface area (Å²) in [5, 5.41) is 3.19. The van der Waals surface area contributed by atoms with Crippen molar-refractivity contribution in [1.82, 2.24) is 5.32 Å². The first-order valence-electron chi connectivity index (χ1n) is 5.31. The fourth-order valence-electron chi connectivity index (χ4n) is 1.13. The maximum atomic E-state index is 5.64. The van der Waals surface area contributed by atoms with Gasteiger partial charge in [-0.1, -0.05) is 6.92 Å². The molecule has 0 saturated carbocycles. The lowest BCUT2D eigenvalue weighted by Gasteiger charge is -2.24. The zero-order valence-electron chi connectivity index (χ0n) is 9.76. The minimum atomic E-state index is -2.34. The molecule has 0 aliphatic carbocycles. The van der Waals surface area contributed by atoms with Gasteiger partial charge in [-0.2, -0.15) is 0 Å². The number of nitrogens with one attached hydrogen (secondary N) is 1. The molecule has 86 valence electrons. The van der Waals surface area contributed by atoms with Gasteiger partial charge in [0.15, 0.2) is 0 Å². The molecule has 0 aromatic heterocycles. The molecule has 1 N–H and O–H groups in total. The fraction of sp³-hybridized carbons (Fsp3) is 1.00. The Labute approximate surface area is 88.3 Å². The van der Waals surface area contributed by atoms with Crippen LogP contribution in [0.15, 0.2) is 0 Å². The Balaban J connectivity index is 3.71. The molecule has 0 unspecified atom stereocenters. The average Bonchev–Trinajstić information content (AvgIpc) is 2.13. The van der Waals surface area contributed by atoms with Crippen molar-refractivity contribution in [1.29, 1.82) is 0 Å². The second-order valence-electron chi connectivity index (χ2n) is 2.93. The van der Waals surface area contributed by atoms with Crippen LogP contribution in [0.3, 0.4) is 0 Å². The summed E-state index contributed by atoms with van der Waals surface area (Å²) in [6, 6.07) is 0. The Morgan fingerprint density at radius 1 is 1.00 bits per heavy atom. The predicted molar refractivity (Wildman–Crippen MR) is 59.4 cm³/mol. The Hall–Kier alpha value is 0.0569. The molecule has 0 fully saturated rings. The van der Waals surface area contributed by atoms with Gasteiger partial charge < -0.3 is 18.6 Å². The van der Waals surface area contributed by atoms with Crippen LogP contribution >= 0.6 is 0 Å². The van der Waals surface area contributed by atoms with E-state index in [1.165, 1.54) is 0 Å².